The van der Waals surface area contributed by atoms with Gasteiger partial charge < -0.3 is 21.5 Å². The molecule has 0 aliphatic rings. The van der Waals surface area contributed by atoms with Crippen molar-refractivity contribution in [3.05, 3.63) is 29.8 Å². The molecule has 1 aromatic carbocycles. The van der Waals surface area contributed by atoms with E-state index in [1.54, 1.807) is 24.3 Å². The van der Waals surface area contributed by atoms with Crippen LogP contribution in [-0.2, 0) is 4.79 Å². The molecule has 0 aliphatic heterocycles. The van der Waals surface area contributed by atoms with Crippen molar-refractivity contribution in [2.24, 2.45) is 11.5 Å². The number of rotatable bonds is 7. The molecule has 5 N–H and O–H groups in total. The van der Waals surface area contributed by atoms with E-state index in [-0.39, 0.29) is 18.9 Å². The van der Waals surface area contributed by atoms with Crippen molar-refractivity contribution in [3.63, 3.8) is 0 Å². The summed E-state index contributed by atoms with van der Waals surface area (Å²) in [7, 11) is 0. The lowest BCUT2D eigenvalue weighted by Crippen LogP contribution is -2.49. The molecule has 6 heteroatoms. The minimum absolute atomic E-state index is 0.133. The summed E-state index contributed by atoms with van der Waals surface area (Å²) in [4.78, 5) is 22.7. The van der Waals surface area contributed by atoms with Crippen molar-refractivity contribution < 1.29 is 14.3 Å². The molecule has 0 heterocycles. The van der Waals surface area contributed by atoms with Gasteiger partial charge in [0.15, 0.2) is 0 Å². The largest absolute Gasteiger partial charge is 0.493 e. The molecule has 0 radical (unpaired) electrons. The second kappa shape index (κ2) is 6.91. The second-order valence-electron chi connectivity index (χ2n) is 5.13. The van der Waals surface area contributed by atoms with Gasteiger partial charge in [-0.3, -0.25) is 9.59 Å². The van der Waals surface area contributed by atoms with Gasteiger partial charge in [0.2, 0.25) is 11.8 Å². The maximum atomic E-state index is 11.7. The fourth-order valence-corrected chi connectivity index (χ4v) is 1.49. The van der Waals surface area contributed by atoms with Gasteiger partial charge in [0.05, 0.1) is 13.0 Å². The average Bonchev–Trinajstić information content (AvgIpc) is 2.38. The molecule has 0 saturated carbocycles. The number of ether oxygens (including phenoxy) is 1. The molecule has 20 heavy (non-hydrogen) atoms. The van der Waals surface area contributed by atoms with E-state index >= 15 is 0 Å². The summed E-state index contributed by atoms with van der Waals surface area (Å²) in [5, 5.41) is 2.80. The van der Waals surface area contributed by atoms with Gasteiger partial charge in [-0.25, -0.2) is 0 Å². The first-order chi connectivity index (χ1) is 9.34. The highest BCUT2D eigenvalue weighted by Gasteiger charge is 2.17. The Kier molecular flexibility index (Phi) is 5.52. The zero-order valence-electron chi connectivity index (χ0n) is 11.8. The van der Waals surface area contributed by atoms with Crippen LogP contribution in [-0.4, -0.2) is 30.5 Å². The third kappa shape index (κ3) is 5.27. The Labute approximate surface area is 118 Å². The van der Waals surface area contributed by atoms with E-state index in [4.69, 9.17) is 16.2 Å². The van der Waals surface area contributed by atoms with E-state index in [1.807, 2.05) is 13.8 Å². The molecule has 110 valence electrons. The van der Waals surface area contributed by atoms with Gasteiger partial charge in [-0.05, 0) is 32.0 Å². The number of nitrogens with one attached hydrogen (secondary N) is 1. The molecular formula is C14H21N3O3. The van der Waals surface area contributed by atoms with Crippen molar-refractivity contribution >= 4 is 11.8 Å². The highest BCUT2D eigenvalue weighted by molar-refractivity contribution is 5.93. The number of nitrogens with two attached hydrogens (primary N) is 2. The fraction of sp³-hybridized carbons (Fsp3) is 0.429. The third-order valence-corrected chi connectivity index (χ3v) is 2.70. The first-order valence-corrected chi connectivity index (χ1v) is 6.38. The first-order valence-electron chi connectivity index (χ1n) is 6.38. The summed E-state index contributed by atoms with van der Waals surface area (Å²) in [6.45, 7) is 4.28. The molecule has 6 nitrogen and oxygen atoms in total. The van der Waals surface area contributed by atoms with Crippen LogP contribution in [0.2, 0.25) is 0 Å². The SMILES string of the molecule is CC(C)(CN)NC(=O)CCOc1cccc(C(N)=O)c1. The number of benzene rings is 1. The number of carbonyl (C=O) groups excluding carboxylic acids is 2. The number of hydrogen-bond acceptors (Lipinski definition) is 4. The summed E-state index contributed by atoms with van der Waals surface area (Å²) < 4.78 is 5.42. The topological polar surface area (TPSA) is 107 Å². The van der Waals surface area contributed by atoms with E-state index < -0.39 is 11.4 Å². The molecule has 0 atom stereocenters. The van der Waals surface area contributed by atoms with Crippen LogP contribution in [0.25, 0.3) is 0 Å². The lowest BCUT2D eigenvalue weighted by Gasteiger charge is -2.24. The zero-order chi connectivity index (χ0) is 15.2. The van der Waals surface area contributed by atoms with Crippen molar-refractivity contribution in [1.82, 2.24) is 5.32 Å². The Morgan fingerprint density at radius 2 is 2.05 bits per heavy atom. The van der Waals surface area contributed by atoms with Crippen LogP contribution in [0.3, 0.4) is 0 Å². The van der Waals surface area contributed by atoms with Gasteiger partial charge in [-0.2, -0.15) is 0 Å². The van der Waals surface area contributed by atoms with Crippen LogP contribution in [0, 0.1) is 0 Å². The van der Waals surface area contributed by atoms with E-state index in [1.165, 1.54) is 0 Å². The van der Waals surface area contributed by atoms with Gasteiger partial charge >= 0.3 is 0 Å². The normalized spacial score (nSPS) is 10.9. The highest BCUT2D eigenvalue weighted by Crippen LogP contribution is 2.13. The Morgan fingerprint density at radius 1 is 1.35 bits per heavy atom. The van der Waals surface area contributed by atoms with Crippen LogP contribution in [0.15, 0.2) is 24.3 Å². The first kappa shape index (κ1) is 16.0. The van der Waals surface area contributed by atoms with Gasteiger partial charge in [0.1, 0.15) is 5.75 Å². The predicted molar refractivity (Wildman–Crippen MR) is 76.3 cm³/mol. The van der Waals surface area contributed by atoms with Gasteiger partial charge in [0.25, 0.3) is 0 Å². The fourth-order valence-electron chi connectivity index (χ4n) is 1.49. The Hall–Kier alpha value is -2.08. The molecule has 0 fully saturated rings. The maximum absolute atomic E-state index is 11.7. The molecular weight excluding hydrogens is 258 g/mol. The predicted octanol–water partition coefficient (Wildman–Crippen LogP) is 0.408. The quantitative estimate of drug-likeness (QED) is 0.671. The lowest BCUT2D eigenvalue weighted by molar-refractivity contribution is -0.123. The molecule has 2 amide bonds. The van der Waals surface area contributed by atoms with Crippen LogP contribution >= 0.6 is 0 Å². The lowest BCUT2D eigenvalue weighted by atomic mass is 10.1. The van der Waals surface area contributed by atoms with Crippen molar-refractivity contribution in [2.45, 2.75) is 25.8 Å². The third-order valence-electron chi connectivity index (χ3n) is 2.70. The van der Waals surface area contributed by atoms with Gasteiger partial charge in [-0.15, -0.1) is 0 Å². The summed E-state index contributed by atoms with van der Waals surface area (Å²) in [5.74, 6) is -0.142. The highest BCUT2D eigenvalue weighted by atomic mass is 16.5. The maximum Gasteiger partial charge on any atom is 0.248 e. The summed E-state index contributed by atoms with van der Waals surface area (Å²) in [6, 6.07) is 6.52. The number of primary amides is 1. The summed E-state index contributed by atoms with van der Waals surface area (Å²) in [5.41, 5.74) is 10.6. The number of amides is 2. The summed E-state index contributed by atoms with van der Waals surface area (Å²) in [6.07, 6.45) is 0.213. The molecule has 0 spiro atoms. The van der Waals surface area contributed by atoms with Crippen LogP contribution in [0.5, 0.6) is 5.75 Å². The zero-order valence-corrected chi connectivity index (χ0v) is 11.8. The van der Waals surface area contributed by atoms with Crippen molar-refractivity contribution in [1.29, 1.82) is 0 Å². The Bertz CT molecular complexity index is 486. The Morgan fingerprint density at radius 3 is 2.65 bits per heavy atom. The average molecular weight is 279 g/mol. The molecule has 0 bridgehead atoms. The molecule has 0 aromatic heterocycles. The molecule has 1 rings (SSSR count). The standard InChI is InChI=1S/C14H21N3O3/c1-14(2,9-15)17-12(18)6-7-20-11-5-3-4-10(8-11)13(16)19/h3-5,8H,6-7,9,15H2,1-2H3,(H2,16,19)(H,17,18). The van der Waals surface area contributed by atoms with E-state index in [2.05, 4.69) is 5.32 Å². The second-order valence-corrected chi connectivity index (χ2v) is 5.13. The van der Waals surface area contributed by atoms with Crippen LogP contribution in [0.4, 0.5) is 0 Å². The van der Waals surface area contributed by atoms with E-state index in [0.29, 0.717) is 17.9 Å². The number of hydrogen-bond donors (Lipinski definition) is 3. The monoisotopic (exact) mass is 279 g/mol. The minimum Gasteiger partial charge on any atom is -0.493 e. The molecule has 0 saturated heterocycles. The van der Waals surface area contributed by atoms with Crippen LogP contribution < -0.4 is 21.5 Å². The molecule has 0 unspecified atom stereocenters. The summed E-state index contributed by atoms with van der Waals surface area (Å²) >= 11 is 0. The molecule has 0 aliphatic carbocycles. The van der Waals surface area contributed by atoms with Crippen molar-refractivity contribution in [3.8, 4) is 5.75 Å². The smallest absolute Gasteiger partial charge is 0.248 e. The van der Waals surface area contributed by atoms with Gasteiger partial charge in [0, 0.05) is 17.6 Å². The van der Waals surface area contributed by atoms with Crippen molar-refractivity contribution in [2.75, 3.05) is 13.2 Å². The molecule has 1 aromatic rings. The number of carbonyl (C=O) groups is 2. The van der Waals surface area contributed by atoms with E-state index in [0.717, 1.165) is 0 Å². The Balaban J connectivity index is 2.43. The van der Waals surface area contributed by atoms with E-state index in [9.17, 15) is 9.59 Å². The van der Waals surface area contributed by atoms with Crippen LogP contribution in [0.1, 0.15) is 30.6 Å². The van der Waals surface area contributed by atoms with Gasteiger partial charge in [-0.1, -0.05) is 6.07 Å². The minimum atomic E-state index is -0.516.